The zero-order chi connectivity index (χ0) is 10.9. The van der Waals surface area contributed by atoms with Crippen molar-refractivity contribution in [1.29, 1.82) is 0 Å². The first kappa shape index (κ1) is 10.7. The van der Waals surface area contributed by atoms with E-state index in [9.17, 15) is 13.2 Å². The summed E-state index contributed by atoms with van der Waals surface area (Å²) in [5.74, 6) is -0.337. The fourth-order valence-electron chi connectivity index (χ4n) is 2.21. The Labute approximate surface area is 89.7 Å². The Morgan fingerprint density at radius 2 is 1.73 bits per heavy atom. The van der Waals surface area contributed by atoms with E-state index in [1.54, 1.807) is 0 Å². The quantitative estimate of drug-likeness (QED) is 0.623. The summed E-state index contributed by atoms with van der Waals surface area (Å²) in [6.07, 6.45) is 4.67. The van der Waals surface area contributed by atoms with Gasteiger partial charge in [-0.3, -0.25) is 4.79 Å². The van der Waals surface area contributed by atoms with Crippen molar-refractivity contribution in [3.63, 3.8) is 0 Å². The topological polar surface area (TPSA) is 63.2 Å². The van der Waals surface area contributed by atoms with Gasteiger partial charge in [0.2, 0.25) is 0 Å². The van der Waals surface area contributed by atoms with Crippen molar-refractivity contribution < 1.29 is 13.2 Å². The van der Waals surface area contributed by atoms with Gasteiger partial charge in [0, 0.05) is 6.54 Å². The van der Waals surface area contributed by atoms with E-state index in [4.69, 9.17) is 0 Å². The van der Waals surface area contributed by atoms with Crippen LogP contribution in [0, 0.1) is 0 Å². The molecule has 2 aliphatic rings. The second-order valence-electron chi connectivity index (χ2n) is 4.07. The number of hydrogen-bond donors (Lipinski definition) is 1. The molecule has 1 amide bonds. The maximum absolute atomic E-state index is 11.8. The molecule has 1 aliphatic carbocycles. The summed E-state index contributed by atoms with van der Waals surface area (Å²) in [6, 6.07) is 0. The minimum Gasteiger partial charge on any atom is -0.350 e. The maximum atomic E-state index is 11.8. The van der Waals surface area contributed by atoms with Gasteiger partial charge in [0.25, 0.3) is 5.91 Å². The molecule has 0 aromatic rings. The molecule has 84 valence electrons. The first-order valence-corrected chi connectivity index (χ1v) is 6.99. The Balaban J connectivity index is 2.42. The van der Waals surface area contributed by atoms with E-state index < -0.39 is 15.7 Å². The third-order valence-corrected chi connectivity index (χ3v) is 4.79. The summed E-state index contributed by atoms with van der Waals surface area (Å²) in [7, 11) is -3.30. The van der Waals surface area contributed by atoms with Crippen LogP contribution in [-0.2, 0) is 14.6 Å². The van der Waals surface area contributed by atoms with Crippen molar-refractivity contribution in [2.24, 2.45) is 0 Å². The predicted octanol–water partition coefficient (Wildman–Crippen LogP) is 0.749. The number of carbonyl (C=O) groups excluding carboxylic acids is 1. The molecule has 0 radical (unpaired) electrons. The average Bonchev–Trinajstić information content (AvgIpc) is 2.17. The van der Waals surface area contributed by atoms with Gasteiger partial charge in [0.05, 0.1) is 5.75 Å². The smallest absolute Gasteiger partial charge is 0.262 e. The monoisotopic (exact) mass is 229 g/mol. The normalized spacial score (nSPS) is 26.3. The van der Waals surface area contributed by atoms with Gasteiger partial charge < -0.3 is 5.32 Å². The van der Waals surface area contributed by atoms with Crippen molar-refractivity contribution in [2.45, 2.75) is 32.1 Å². The van der Waals surface area contributed by atoms with E-state index in [0.29, 0.717) is 0 Å². The molecule has 0 atom stereocenters. The molecule has 0 spiro atoms. The molecule has 1 saturated carbocycles. The molecule has 2 rings (SSSR count). The molecule has 15 heavy (non-hydrogen) atoms. The Bertz CT molecular complexity index is 400. The Kier molecular flexibility index (Phi) is 2.82. The fourth-order valence-corrected chi connectivity index (χ4v) is 3.78. The molecule has 2 fully saturated rings. The molecule has 1 N–H and O–H groups in total. The number of allylic oxidation sites excluding steroid dienone is 1. The molecule has 1 saturated heterocycles. The minimum absolute atomic E-state index is 0.0531. The Morgan fingerprint density at radius 3 is 2.33 bits per heavy atom. The standard InChI is InChI=1S/C10H15NO3S/c12-10-9(8-4-2-1-3-5-8)15(13,14)7-6-11-10/h1-7H2,(H,11,12). The Hall–Kier alpha value is -0.840. The lowest BCUT2D eigenvalue weighted by Crippen LogP contribution is -2.40. The van der Waals surface area contributed by atoms with Crippen LogP contribution in [0.3, 0.4) is 0 Å². The van der Waals surface area contributed by atoms with Crippen molar-refractivity contribution in [1.82, 2.24) is 5.32 Å². The molecule has 1 heterocycles. The largest absolute Gasteiger partial charge is 0.350 e. The van der Waals surface area contributed by atoms with E-state index in [0.717, 1.165) is 37.7 Å². The lowest BCUT2D eigenvalue weighted by atomic mass is 9.94. The van der Waals surface area contributed by atoms with Gasteiger partial charge in [-0.05, 0) is 31.3 Å². The van der Waals surface area contributed by atoms with Crippen molar-refractivity contribution in [3.8, 4) is 0 Å². The zero-order valence-corrected chi connectivity index (χ0v) is 9.40. The molecular formula is C10H15NO3S. The van der Waals surface area contributed by atoms with Crippen LogP contribution in [0.25, 0.3) is 0 Å². The van der Waals surface area contributed by atoms with Gasteiger partial charge in [-0.25, -0.2) is 8.42 Å². The molecule has 0 unspecified atom stereocenters. The van der Waals surface area contributed by atoms with Crippen molar-refractivity contribution in [3.05, 3.63) is 10.5 Å². The first-order valence-electron chi connectivity index (χ1n) is 5.34. The summed E-state index contributed by atoms with van der Waals surface area (Å²) < 4.78 is 23.5. The van der Waals surface area contributed by atoms with Crippen LogP contribution >= 0.6 is 0 Å². The van der Waals surface area contributed by atoms with Crippen LogP contribution in [0.1, 0.15) is 32.1 Å². The molecule has 0 bridgehead atoms. The average molecular weight is 229 g/mol. The lowest BCUT2D eigenvalue weighted by molar-refractivity contribution is -0.117. The van der Waals surface area contributed by atoms with Gasteiger partial charge in [0.15, 0.2) is 9.84 Å². The first-order chi connectivity index (χ1) is 7.11. The van der Waals surface area contributed by atoms with Gasteiger partial charge >= 0.3 is 0 Å². The third-order valence-electron chi connectivity index (χ3n) is 2.95. The van der Waals surface area contributed by atoms with E-state index in [1.807, 2.05) is 0 Å². The maximum Gasteiger partial charge on any atom is 0.262 e. The SMILES string of the molecule is O=C1NCCS(=O)(=O)C1=C1CCCCC1. The highest BCUT2D eigenvalue weighted by Crippen LogP contribution is 2.29. The number of carbonyl (C=O) groups is 1. The predicted molar refractivity (Wildman–Crippen MR) is 56.9 cm³/mol. The summed E-state index contributed by atoms with van der Waals surface area (Å²) in [6.45, 7) is 0.248. The van der Waals surface area contributed by atoms with E-state index in [1.165, 1.54) is 0 Å². The molecule has 0 aromatic carbocycles. The van der Waals surface area contributed by atoms with E-state index in [-0.39, 0.29) is 17.2 Å². The molecule has 1 aliphatic heterocycles. The van der Waals surface area contributed by atoms with E-state index >= 15 is 0 Å². The van der Waals surface area contributed by atoms with E-state index in [2.05, 4.69) is 5.32 Å². The second kappa shape index (κ2) is 3.96. The highest BCUT2D eigenvalue weighted by Gasteiger charge is 2.32. The van der Waals surface area contributed by atoms with Crippen LogP contribution in [0.5, 0.6) is 0 Å². The zero-order valence-electron chi connectivity index (χ0n) is 8.58. The molecule has 5 heteroatoms. The van der Waals surface area contributed by atoms with Crippen LogP contribution < -0.4 is 5.32 Å². The van der Waals surface area contributed by atoms with Gasteiger partial charge in [0.1, 0.15) is 4.91 Å². The van der Waals surface area contributed by atoms with Crippen LogP contribution in [0.2, 0.25) is 0 Å². The minimum atomic E-state index is -3.30. The molecular weight excluding hydrogens is 214 g/mol. The Morgan fingerprint density at radius 1 is 1.07 bits per heavy atom. The van der Waals surface area contributed by atoms with Gasteiger partial charge in [-0.1, -0.05) is 6.42 Å². The highest BCUT2D eigenvalue weighted by molar-refractivity contribution is 7.96. The van der Waals surface area contributed by atoms with Crippen molar-refractivity contribution >= 4 is 15.7 Å². The number of hydrogen-bond acceptors (Lipinski definition) is 3. The highest BCUT2D eigenvalue weighted by atomic mass is 32.2. The van der Waals surface area contributed by atoms with Crippen LogP contribution in [-0.4, -0.2) is 26.6 Å². The third kappa shape index (κ3) is 2.07. The summed E-state index contributed by atoms with van der Waals surface area (Å²) in [4.78, 5) is 11.6. The molecule has 0 aromatic heterocycles. The molecule has 4 nitrogen and oxygen atoms in total. The second-order valence-corrected chi connectivity index (χ2v) is 6.11. The van der Waals surface area contributed by atoms with Crippen LogP contribution in [0.15, 0.2) is 10.5 Å². The van der Waals surface area contributed by atoms with Crippen molar-refractivity contribution in [2.75, 3.05) is 12.3 Å². The number of rotatable bonds is 0. The number of nitrogens with one attached hydrogen (secondary N) is 1. The van der Waals surface area contributed by atoms with Gasteiger partial charge in [-0.15, -0.1) is 0 Å². The lowest BCUT2D eigenvalue weighted by Gasteiger charge is -2.22. The summed E-state index contributed by atoms with van der Waals surface area (Å²) >= 11 is 0. The number of amides is 1. The van der Waals surface area contributed by atoms with Crippen LogP contribution in [0.4, 0.5) is 0 Å². The summed E-state index contributed by atoms with van der Waals surface area (Å²) in [5, 5.41) is 2.61. The fraction of sp³-hybridized carbons (Fsp3) is 0.700. The van der Waals surface area contributed by atoms with Gasteiger partial charge in [-0.2, -0.15) is 0 Å². The summed E-state index contributed by atoms with van der Waals surface area (Å²) in [5.41, 5.74) is 0.846. The number of sulfone groups is 1.